The molecule has 2 N–H and O–H groups in total. The lowest BCUT2D eigenvalue weighted by Gasteiger charge is -2.14. The average Bonchev–Trinajstić information content (AvgIpc) is 2.31. The summed E-state index contributed by atoms with van der Waals surface area (Å²) in [6.07, 6.45) is -2.15. The monoisotopic (exact) mass is 179 g/mol. The van der Waals surface area contributed by atoms with Gasteiger partial charge in [-0.05, 0) is 12.5 Å². The molecule has 0 aliphatic rings. The quantitative estimate of drug-likeness (QED) is 0.717. The van der Waals surface area contributed by atoms with E-state index in [1.54, 1.807) is 0 Å². The highest BCUT2D eigenvalue weighted by Gasteiger charge is 2.39. The lowest BCUT2D eigenvalue weighted by Crippen LogP contribution is -2.28. The van der Waals surface area contributed by atoms with E-state index in [1.807, 2.05) is 0 Å². The zero-order valence-corrected chi connectivity index (χ0v) is 6.35. The van der Waals surface area contributed by atoms with Gasteiger partial charge in [0.25, 0.3) is 0 Å². The molecule has 0 saturated heterocycles. The smallest absolute Gasteiger partial charge is 0.407 e. The molecule has 0 spiro atoms. The van der Waals surface area contributed by atoms with Crippen LogP contribution in [0.5, 0.6) is 0 Å². The van der Waals surface area contributed by atoms with Crippen LogP contribution < -0.4 is 5.73 Å². The minimum Gasteiger partial charge on any atom is -0.472 e. The van der Waals surface area contributed by atoms with Crippen LogP contribution in [0.4, 0.5) is 13.2 Å². The maximum atomic E-state index is 12.0. The summed E-state index contributed by atoms with van der Waals surface area (Å²) in [6.45, 7) is 1.52. The molecule has 1 aromatic rings. The molecular weight excluding hydrogens is 171 g/mol. The molecule has 0 bridgehead atoms. The second kappa shape index (κ2) is 2.82. The molecule has 5 heteroatoms. The van der Waals surface area contributed by atoms with Gasteiger partial charge in [0.2, 0.25) is 0 Å². The van der Waals surface area contributed by atoms with Gasteiger partial charge in [-0.15, -0.1) is 0 Å². The first-order valence-electron chi connectivity index (χ1n) is 3.28. The summed E-state index contributed by atoms with van der Waals surface area (Å²) in [4.78, 5) is 0. The third-order valence-corrected chi connectivity index (χ3v) is 1.58. The minimum atomic E-state index is -4.41. The van der Waals surface area contributed by atoms with Crippen LogP contribution in [0.1, 0.15) is 17.2 Å². The molecule has 68 valence electrons. The van der Waals surface area contributed by atoms with E-state index in [9.17, 15) is 13.2 Å². The van der Waals surface area contributed by atoms with Crippen molar-refractivity contribution in [2.45, 2.75) is 19.1 Å². The molecule has 12 heavy (non-hydrogen) atoms. The van der Waals surface area contributed by atoms with E-state index in [2.05, 4.69) is 4.42 Å². The lowest BCUT2D eigenvalue weighted by molar-refractivity contribution is -0.149. The molecule has 0 saturated carbocycles. The van der Waals surface area contributed by atoms with Crippen molar-refractivity contribution >= 4 is 0 Å². The number of hydrogen-bond donors (Lipinski definition) is 1. The van der Waals surface area contributed by atoms with E-state index < -0.39 is 12.2 Å². The zero-order valence-electron chi connectivity index (χ0n) is 6.35. The topological polar surface area (TPSA) is 39.2 Å². The Labute approximate surface area is 67.2 Å². The summed E-state index contributed by atoms with van der Waals surface area (Å²) in [7, 11) is 0. The molecule has 2 nitrogen and oxygen atoms in total. The van der Waals surface area contributed by atoms with Crippen molar-refractivity contribution in [1.82, 2.24) is 0 Å². The van der Waals surface area contributed by atoms with Crippen LogP contribution in [0.25, 0.3) is 0 Å². The molecule has 1 heterocycles. The molecule has 0 unspecified atom stereocenters. The SMILES string of the molecule is Cc1cocc1[C@H](N)C(F)(F)F. The van der Waals surface area contributed by atoms with E-state index in [0.717, 1.165) is 6.26 Å². The van der Waals surface area contributed by atoms with Crippen molar-refractivity contribution in [3.63, 3.8) is 0 Å². The summed E-state index contributed by atoms with van der Waals surface area (Å²) in [5, 5.41) is 0. The van der Waals surface area contributed by atoms with E-state index in [4.69, 9.17) is 5.73 Å². The van der Waals surface area contributed by atoms with Crippen molar-refractivity contribution in [3.05, 3.63) is 23.7 Å². The standard InChI is InChI=1S/C7H8F3NO/c1-4-2-12-3-5(4)6(11)7(8,9)10/h2-3,6H,11H2,1H3/t6-/m0/s1. The molecule has 0 aliphatic heterocycles. The van der Waals surface area contributed by atoms with Gasteiger partial charge in [-0.25, -0.2) is 0 Å². The summed E-state index contributed by atoms with van der Waals surface area (Å²) in [5.74, 6) is 0. The summed E-state index contributed by atoms with van der Waals surface area (Å²) >= 11 is 0. The molecule has 0 aliphatic carbocycles. The molecule has 0 amide bonds. The van der Waals surface area contributed by atoms with Gasteiger partial charge < -0.3 is 10.2 Å². The van der Waals surface area contributed by atoms with E-state index in [0.29, 0.717) is 5.56 Å². The van der Waals surface area contributed by atoms with Crippen LogP contribution >= 0.6 is 0 Å². The van der Waals surface area contributed by atoms with Gasteiger partial charge in [-0.1, -0.05) is 0 Å². The first kappa shape index (κ1) is 9.12. The van der Waals surface area contributed by atoms with Gasteiger partial charge in [0, 0.05) is 5.56 Å². The lowest BCUT2D eigenvalue weighted by atomic mass is 10.1. The molecule has 0 radical (unpaired) electrons. The molecular formula is C7H8F3NO. The normalized spacial score (nSPS) is 14.8. The first-order valence-corrected chi connectivity index (χ1v) is 3.28. The maximum absolute atomic E-state index is 12.0. The molecule has 1 atom stereocenters. The highest BCUT2D eigenvalue weighted by Crippen LogP contribution is 2.32. The minimum absolute atomic E-state index is 0.0116. The Hall–Kier alpha value is -0.970. The predicted octanol–water partition coefficient (Wildman–Crippen LogP) is 2.15. The van der Waals surface area contributed by atoms with Crippen LogP contribution in [-0.2, 0) is 0 Å². The maximum Gasteiger partial charge on any atom is 0.407 e. The second-order valence-corrected chi connectivity index (χ2v) is 2.53. The van der Waals surface area contributed by atoms with Crippen molar-refractivity contribution in [3.8, 4) is 0 Å². The molecule has 1 rings (SSSR count). The van der Waals surface area contributed by atoms with E-state index >= 15 is 0 Å². The number of hydrogen-bond acceptors (Lipinski definition) is 2. The Morgan fingerprint density at radius 3 is 2.33 bits per heavy atom. The van der Waals surface area contributed by atoms with Crippen LogP contribution in [-0.4, -0.2) is 6.18 Å². The van der Waals surface area contributed by atoms with Crippen LogP contribution in [0.15, 0.2) is 16.9 Å². The van der Waals surface area contributed by atoms with Gasteiger partial charge in [0.1, 0.15) is 6.04 Å². The van der Waals surface area contributed by atoms with Crippen LogP contribution in [0, 0.1) is 6.92 Å². The fourth-order valence-electron chi connectivity index (χ4n) is 0.865. The van der Waals surface area contributed by atoms with Crippen LogP contribution in [0.3, 0.4) is 0 Å². The number of rotatable bonds is 1. The Balaban J connectivity index is 2.92. The fraction of sp³-hybridized carbons (Fsp3) is 0.429. The fourth-order valence-corrected chi connectivity index (χ4v) is 0.865. The average molecular weight is 179 g/mol. The van der Waals surface area contributed by atoms with Crippen molar-refractivity contribution in [2.24, 2.45) is 5.73 Å². The van der Waals surface area contributed by atoms with E-state index in [-0.39, 0.29) is 5.56 Å². The van der Waals surface area contributed by atoms with Crippen molar-refractivity contribution in [2.75, 3.05) is 0 Å². The largest absolute Gasteiger partial charge is 0.472 e. The Bertz CT molecular complexity index is 266. The van der Waals surface area contributed by atoms with Crippen molar-refractivity contribution in [1.29, 1.82) is 0 Å². The van der Waals surface area contributed by atoms with Gasteiger partial charge >= 0.3 is 6.18 Å². The van der Waals surface area contributed by atoms with Gasteiger partial charge in [0.15, 0.2) is 0 Å². The van der Waals surface area contributed by atoms with Gasteiger partial charge in [-0.3, -0.25) is 0 Å². The van der Waals surface area contributed by atoms with Gasteiger partial charge in [-0.2, -0.15) is 13.2 Å². The highest BCUT2D eigenvalue weighted by molar-refractivity contribution is 5.23. The van der Waals surface area contributed by atoms with Gasteiger partial charge in [0.05, 0.1) is 12.5 Å². The first-order chi connectivity index (χ1) is 5.43. The van der Waals surface area contributed by atoms with Crippen molar-refractivity contribution < 1.29 is 17.6 Å². The zero-order chi connectivity index (χ0) is 9.35. The number of alkyl halides is 3. The Morgan fingerprint density at radius 1 is 1.42 bits per heavy atom. The predicted molar refractivity (Wildman–Crippen MR) is 36.4 cm³/mol. The summed E-state index contributed by atoms with van der Waals surface area (Å²) < 4.78 is 40.7. The Kier molecular flexibility index (Phi) is 2.14. The highest BCUT2D eigenvalue weighted by atomic mass is 19.4. The molecule has 0 aromatic carbocycles. The number of aryl methyl sites for hydroxylation is 1. The molecule has 0 fully saturated rings. The molecule has 1 aromatic heterocycles. The number of nitrogens with two attached hydrogens (primary N) is 1. The second-order valence-electron chi connectivity index (χ2n) is 2.53. The number of halogens is 3. The third kappa shape index (κ3) is 1.61. The Morgan fingerprint density at radius 2 is 2.00 bits per heavy atom. The summed E-state index contributed by atoms with van der Waals surface area (Å²) in [6, 6.07) is -1.95. The van der Waals surface area contributed by atoms with E-state index in [1.165, 1.54) is 13.2 Å². The number of furan rings is 1. The summed E-state index contributed by atoms with van der Waals surface area (Å²) in [5.41, 5.74) is 5.34. The van der Waals surface area contributed by atoms with Crippen LogP contribution in [0.2, 0.25) is 0 Å². The third-order valence-electron chi connectivity index (χ3n) is 1.58.